The average Bonchev–Trinajstić information content (AvgIpc) is 3.25. The lowest BCUT2D eigenvalue weighted by Gasteiger charge is -2.12. The second kappa shape index (κ2) is 5.02. The molecular weight excluding hydrogens is 375 g/mol. The molecular formula is C17H15IN2O. The van der Waals surface area contributed by atoms with Gasteiger partial charge in [-0.25, -0.2) is 0 Å². The number of hydrogen-bond donors (Lipinski definition) is 1. The van der Waals surface area contributed by atoms with E-state index in [0.29, 0.717) is 5.92 Å². The first-order chi connectivity index (χ1) is 10.2. The van der Waals surface area contributed by atoms with Crippen LogP contribution in [-0.2, 0) is 0 Å². The van der Waals surface area contributed by atoms with Gasteiger partial charge < -0.3 is 9.84 Å². The number of hydrogen-bond acceptors (Lipinski definition) is 3. The summed E-state index contributed by atoms with van der Waals surface area (Å²) in [4.78, 5) is 0. The summed E-state index contributed by atoms with van der Waals surface area (Å²) in [6, 6.07) is 12.5. The Hall–Kier alpha value is -1.56. The fraction of sp³-hybridized carbons (Fsp3) is 0.235. The number of nitrogens with zero attached hydrogens (tertiary/aromatic N) is 1. The average molecular weight is 390 g/mol. The van der Waals surface area contributed by atoms with Gasteiger partial charge in [0, 0.05) is 9.26 Å². The number of aromatic nitrogens is 1. The Morgan fingerprint density at radius 1 is 1.24 bits per heavy atom. The molecule has 4 rings (SSSR count). The number of nitrogens with one attached hydrogen (secondary N) is 1. The maximum Gasteiger partial charge on any atom is 0.181 e. The maximum atomic E-state index is 5.38. The zero-order valence-electron chi connectivity index (χ0n) is 11.7. The number of para-hydroxylation sites is 1. The minimum absolute atomic E-state index is 0.694. The third-order valence-corrected chi connectivity index (χ3v) is 5.14. The standard InChI is InChI=1S/C17H15IN2O/c1-10-8-15(13(9-14(10)18)11-6-7-11)19-17-12-4-2-3-5-16(12)21-20-17/h2-5,8-9,11H,6-7H2,1H3,(H,19,20). The topological polar surface area (TPSA) is 38.1 Å². The van der Waals surface area contributed by atoms with Crippen LogP contribution in [0, 0.1) is 10.5 Å². The van der Waals surface area contributed by atoms with Gasteiger partial charge in [0.1, 0.15) is 0 Å². The predicted molar refractivity (Wildman–Crippen MR) is 93.2 cm³/mol. The smallest absolute Gasteiger partial charge is 0.181 e. The van der Waals surface area contributed by atoms with Crippen LogP contribution >= 0.6 is 22.6 Å². The van der Waals surface area contributed by atoms with Crippen molar-refractivity contribution in [3.63, 3.8) is 0 Å². The van der Waals surface area contributed by atoms with Gasteiger partial charge in [-0.3, -0.25) is 0 Å². The van der Waals surface area contributed by atoms with E-state index in [1.165, 1.54) is 27.5 Å². The summed E-state index contributed by atoms with van der Waals surface area (Å²) in [7, 11) is 0. The Labute approximate surface area is 136 Å². The molecule has 0 aliphatic heterocycles. The highest BCUT2D eigenvalue weighted by atomic mass is 127. The summed E-state index contributed by atoms with van der Waals surface area (Å²) >= 11 is 2.41. The Balaban J connectivity index is 1.78. The Morgan fingerprint density at radius 3 is 2.86 bits per heavy atom. The molecule has 1 N–H and O–H groups in total. The zero-order chi connectivity index (χ0) is 14.4. The van der Waals surface area contributed by atoms with E-state index in [4.69, 9.17) is 4.52 Å². The van der Waals surface area contributed by atoms with Crippen molar-refractivity contribution in [2.75, 3.05) is 5.32 Å². The van der Waals surface area contributed by atoms with Crippen LogP contribution in [0.3, 0.4) is 0 Å². The molecule has 0 atom stereocenters. The van der Waals surface area contributed by atoms with Crippen molar-refractivity contribution < 1.29 is 4.52 Å². The Morgan fingerprint density at radius 2 is 2.05 bits per heavy atom. The largest absolute Gasteiger partial charge is 0.354 e. The Kier molecular flexibility index (Phi) is 3.14. The molecule has 3 aromatic rings. The lowest BCUT2D eigenvalue weighted by molar-refractivity contribution is 0.460. The lowest BCUT2D eigenvalue weighted by Crippen LogP contribution is -1.98. The van der Waals surface area contributed by atoms with Crippen molar-refractivity contribution in [2.24, 2.45) is 0 Å². The van der Waals surface area contributed by atoms with E-state index in [2.05, 4.69) is 52.1 Å². The van der Waals surface area contributed by atoms with Crippen molar-refractivity contribution in [1.82, 2.24) is 5.16 Å². The molecule has 2 aromatic carbocycles. The molecule has 1 heterocycles. The molecule has 0 saturated heterocycles. The van der Waals surface area contributed by atoms with Crippen LogP contribution in [-0.4, -0.2) is 5.16 Å². The van der Waals surface area contributed by atoms with Crippen molar-refractivity contribution in [1.29, 1.82) is 0 Å². The van der Waals surface area contributed by atoms with E-state index >= 15 is 0 Å². The van der Waals surface area contributed by atoms with Gasteiger partial charge in [0.05, 0.1) is 5.39 Å². The molecule has 3 nitrogen and oxygen atoms in total. The molecule has 106 valence electrons. The quantitative estimate of drug-likeness (QED) is 0.612. The van der Waals surface area contributed by atoms with E-state index in [9.17, 15) is 0 Å². The van der Waals surface area contributed by atoms with Gasteiger partial charge in [-0.1, -0.05) is 17.3 Å². The van der Waals surface area contributed by atoms with Crippen LogP contribution in [0.25, 0.3) is 11.0 Å². The molecule has 1 aliphatic rings. The van der Waals surface area contributed by atoms with Crippen LogP contribution in [0.15, 0.2) is 40.9 Å². The van der Waals surface area contributed by atoms with Crippen molar-refractivity contribution in [2.45, 2.75) is 25.7 Å². The number of fused-ring (bicyclic) bond motifs is 1. The molecule has 0 amide bonds. The van der Waals surface area contributed by atoms with E-state index < -0.39 is 0 Å². The van der Waals surface area contributed by atoms with Crippen LogP contribution < -0.4 is 5.32 Å². The number of aryl methyl sites for hydroxylation is 1. The molecule has 0 radical (unpaired) electrons. The summed E-state index contributed by atoms with van der Waals surface area (Å²) in [6.07, 6.45) is 2.57. The van der Waals surface area contributed by atoms with Crippen molar-refractivity contribution >= 4 is 45.1 Å². The van der Waals surface area contributed by atoms with Gasteiger partial charge >= 0.3 is 0 Å². The maximum absolute atomic E-state index is 5.38. The summed E-state index contributed by atoms with van der Waals surface area (Å²) < 4.78 is 6.70. The fourth-order valence-electron chi connectivity index (χ4n) is 2.64. The summed E-state index contributed by atoms with van der Waals surface area (Å²) in [5.74, 6) is 1.49. The third-order valence-electron chi connectivity index (χ3n) is 3.98. The highest BCUT2D eigenvalue weighted by molar-refractivity contribution is 14.1. The number of rotatable bonds is 3. The molecule has 1 aliphatic carbocycles. The van der Waals surface area contributed by atoms with Crippen molar-refractivity contribution in [3.05, 3.63) is 51.1 Å². The van der Waals surface area contributed by atoms with Crippen LogP contribution in [0.1, 0.15) is 29.9 Å². The van der Waals surface area contributed by atoms with E-state index in [1.54, 1.807) is 0 Å². The predicted octanol–water partition coefficient (Wildman–Crippen LogP) is 5.36. The SMILES string of the molecule is Cc1cc(Nc2noc3ccccc23)c(C2CC2)cc1I. The summed E-state index contributed by atoms with van der Waals surface area (Å²) in [5, 5.41) is 8.68. The van der Waals surface area contributed by atoms with Gasteiger partial charge in [0.2, 0.25) is 0 Å². The summed E-state index contributed by atoms with van der Waals surface area (Å²) in [5.41, 5.74) is 4.66. The molecule has 0 unspecified atom stereocenters. The van der Waals surface area contributed by atoms with E-state index in [-0.39, 0.29) is 0 Å². The van der Waals surface area contributed by atoms with Crippen LogP contribution in [0.5, 0.6) is 0 Å². The van der Waals surface area contributed by atoms with Gasteiger partial charge in [-0.15, -0.1) is 0 Å². The monoisotopic (exact) mass is 390 g/mol. The van der Waals surface area contributed by atoms with E-state index in [1.807, 2.05) is 24.3 Å². The molecule has 0 bridgehead atoms. The lowest BCUT2D eigenvalue weighted by atomic mass is 10.1. The fourth-order valence-corrected chi connectivity index (χ4v) is 3.13. The van der Waals surface area contributed by atoms with Crippen LogP contribution in [0.4, 0.5) is 11.5 Å². The molecule has 1 saturated carbocycles. The third kappa shape index (κ3) is 2.41. The van der Waals surface area contributed by atoms with Crippen molar-refractivity contribution in [3.8, 4) is 0 Å². The number of halogens is 1. The summed E-state index contributed by atoms with van der Waals surface area (Å²) in [6.45, 7) is 2.14. The van der Waals surface area contributed by atoms with Gasteiger partial charge in [-0.2, -0.15) is 0 Å². The highest BCUT2D eigenvalue weighted by Gasteiger charge is 2.27. The molecule has 1 aromatic heterocycles. The zero-order valence-corrected chi connectivity index (χ0v) is 13.8. The first kappa shape index (κ1) is 13.1. The van der Waals surface area contributed by atoms with Crippen LogP contribution in [0.2, 0.25) is 0 Å². The normalized spacial score (nSPS) is 14.6. The second-order valence-electron chi connectivity index (χ2n) is 5.62. The molecule has 1 fully saturated rings. The number of anilines is 2. The second-order valence-corrected chi connectivity index (χ2v) is 6.78. The van der Waals surface area contributed by atoms with E-state index in [0.717, 1.165) is 22.5 Å². The van der Waals surface area contributed by atoms with Gasteiger partial charge in [0.15, 0.2) is 11.4 Å². The minimum Gasteiger partial charge on any atom is -0.354 e. The number of benzene rings is 2. The Bertz CT molecular complexity index is 821. The first-order valence-corrected chi connectivity index (χ1v) is 8.22. The molecule has 0 spiro atoms. The first-order valence-electron chi connectivity index (χ1n) is 7.14. The van der Waals surface area contributed by atoms with Gasteiger partial charge in [0.25, 0.3) is 0 Å². The van der Waals surface area contributed by atoms with Gasteiger partial charge in [-0.05, 0) is 83.7 Å². The highest BCUT2D eigenvalue weighted by Crippen LogP contribution is 2.45. The molecule has 4 heteroatoms. The molecule has 21 heavy (non-hydrogen) atoms. The minimum atomic E-state index is 0.694.